The van der Waals surface area contributed by atoms with Crippen LogP contribution in [0, 0.1) is 11.3 Å². The number of nitrogens with two attached hydrogens (primary N) is 2. The molecule has 0 saturated heterocycles. The summed E-state index contributed by atoms with van der Waals surface area (Å²) in [5.41, 5.74) is 11.0. The molecule has 1 aromatic rings. The standard InChI is InChI=1S/C14H14N6O2.C2H5NO/c1-9(21)18-13-7-11(14(16)19-22)3-5-20(13)12-6-10(8-15)2-4-17-12;1-2(3)4/h2-7,13,22H,1H3,(H2,16,19)(H,18,21);1H3,(H2,3,4). The van der Waals surface area contributed by atoms with Gasteiger partial charge in [-0.3, -0.25) is 9.59 Å². The van der Waals surface area contributed by atoms with E-state index in [0.717, 1.165) is 0 Å². The molecule has 1 aliphatic rings. The van der Waals surface area contributed by atoms with E-state index >= 15 is 0 Å². The highest BCUT2D eigenvalue weighted by Crippen LogP contribution is 2.20. The molecule has 0 bridgehead atoms. The van der Waals surface area contributed by atoms with Crippen molar-refractivity contribution in [3.8, 4) is 6.07 Å². The van der Waals surface area contributed by atoms with Gasteiger partial charge < -0.3 is 26.9 Å². The van der Waals surface area contributed by atoms with E-state index in [1.54, 1.807) is 35.4 Å². The molecule has 1 atom stereocenters. The van der Waals surface area contributed by atoms with E-state index in [9.17, 15) is 9.59 Å². The number of hydrogen-bond donors (Lipinski definition) is 4. The Kier molecular flexibility index (Phi) is 7.32. The summed E-state index contributed by atoms with van der Waals surface area (Å²) in [6.45, 7) is 2.69. The molecule has 0 radical (unpaired) electrons. The van der Waals surface area contributed by atoms with Gasteiger partial charge in [-0.2, -0.15) is 5.26 Å². The third-order valence-electron chi connectivity index (χ3n) is 2.95. The number of anilines is 1. The lowest BCUT2D eigenvalue weighted by molar-refractivity contribution is -0.119. The van der Waals surface area contributed by atoms with Crippen molar-refractivity contribution < 1.29 is 14.8 Å². The lowest BCUT2D eigenvalue weighted by Gasteiger charge is -2.31. The van der Waals surface area contributed by atoms with Crippen molar-refractivity contribution in [2.45, 2.75) is 20.0 Å². The SMILES string of the molecule is CC(=O)NC1C=C(C(N)=NO)C=CN1c1cc(C#N)ccn1.CC(N)=O. The average molecular weight is 357 g/mol. The van der Waals surface area contributed by atoms with Gasteiger partial charge in [0.15, 0.2) is 5.84 Å². The fourth-order valence-corrected chi connectivity index (χ4v) is 1.96. The van der Waals surface area contributed by atoms with Crippen LogP contribution in [0.25, 0.3) is 0 Å². The van der Waals surface area contributed by atoms with Gasteiger partial charge >= 0.3 is 0 Å². The van der Waals surface area contributed by atoms with Gasteiger partial charge in [-0.25, -0.2) is 4.98 Å². The zero-order chi connectivity index (χ0) is 19.7. The molecule has 0 saturated carbocycles. The second-order valence-corrected chi connectivity index (χ2v) is 5.10. The first kappa shape index (κ1) is 20.2. The molecule has 26 heavy (non-hydrogen) atoms. The molecule has 6 N–H and O–H groups in total. The molecule has 0 aliphatic carbocycles. The largest absolute Gasteiger partial charge is 0.409 e. The van der Waals surface area contributed by atoms with Crippen molar-refractivity contribution in [2.24, 2.45) is 16.6 Å². The number of amidine groups is 1. The number of rotatable bonds is 3. The van der Waals surface area contributed by atoms with Crippen LogP contribution in [0.5, 0.6) is 0 Å². The number of carbonyl (C=O) groups excluding carboxylic acids is 2. The summed E-state index contributed by atoms with van der Waals surface area (Å²) in [7, 11) is 0. The molecule has 2 rings (SSSR count). The van der Waals surface area contributed by atoms with Crippen molar-refractivity contribution in [1.82, 2.24) is 10.3 Å². The Balaban J connectivity index is 0.000000765. The summed E-state index contributed by atoms with van der Waals surface area (Å²) in [6, 6.07) is 5.22. The molecule has 1 unspecified atom stereocenters. The molecule has 1 aromatic heterocycles. The Morgan fingerprint density at radius 1 is 1.42 bits per heavy atom. The van der Waals surface area contributed by atoms with E-state index in [4.69, 9.17) is 16.2 Å². The van der Waals surface area contributed by atoms with Crippen LogP contribution in [-0.4, -0.2) is 34.0 Å². The van der Waals surface area contributed by atoms with Crippen LogP contribution in [-0.2, 0) is 9.59 Å². The minimum atomic E-state index is -0.570. The first-order chi connectivity index (χ1) is 12.3. The summed E-state index contributed by atoms with van der Waals surface area (Å²) < 4.78 is 0. The van der Waals surface area contributed by atoms with Crippen molar-refractivity contribution in [3.63, 3.8) is 0 Å². The van der Waals surface area contributed by atoms with Gasteiger partial charge in [0.25, 0.3) is 0 Å². The molecule has 2 heterocycles. The van der Waals surface area contributed by atoms with Crippen molar-refractivity contribution >= 4 is 23.5 Å². The molecule has 0 spiro atoms. The van der Waals surface area contributed by atoms with Gasteiger partial charge in [-0.05, 0) is 24.3 Å². The second-order valence-electron chi connectivity index (χ2n) is 5.10. The number of nitrogens with one attached hydrogen (secondary N) is 1. The number of pyridine rings is 1. The predicted molar refractivity (Wildman–Crippen MR) is 94.5 cm³/mol. The molecule has 10 heteroatoms. The van der Waals surface area contributed by atoms with E-state index in [-0.39, 0.29) is 17.6 Å². The zero-order valence-corrected chi connectivity index (χ0v) is 14.2. The summed E-state index contributed by atoms with van der Waals surface area (Å²) in [5, 5.41) is 23.4. The molecule has 136 valence electrons. The maximum atomic E-state index is 11.4. The molecule has 1 aliphatic heterocycles. The lowest BCUT2D eigenvalue weighted by atomic mass is 10.1. The number of nitriles is 1. The third kappa shape index (κ3) is 5.97. The van der Waals surface area contributed by atoms with Crippen LogP contribution in [0.15, 0.2) is 47.4 Å². The van der Waals surface area contributed by atoms with E-state index in [2.05, 4.69) is 21.2 Å². The van der Waals surface area contributed by atoms with Gasteiger partial charge in [0.2, 0.25) is 11.8 Å². The Morgan fingerprint density at radius 2 is 2.08 bits per heavy atom. The number of oxime groups is 1. The topological polar surface area (TPSA) is 171 Å². The fourth-order valence-electron chi connectivity index (χ4n) is 1.96. The third-order valence-corrected chi connectivity index (χ3v) is 2.95. The first-order valence-electron chi connectivity index (χ1n) is 7.34. The Hall–Kier alpha value is -3.87. The zero-order valence-electron chi connectivity index (χ0n) is 14.2. The Labute approximate surface area is 150 Å². The van der Waals surface area contributed by atoms with Crippen LogP contribution in [0.2, 0.25) is 0 Å². The fraction of sp³-hybridized carbons (Fsp3) is 0.188. The second kappa shape index (κ2) is 9.43. The number of aromatic nitrogens is 1. The van der Waals surface area contributed by atoms with Crippen molar-refractivity contribution in [1.29, 1.82) is 5.26 Å². The molecule has 10 nitrogen and oxygen atoms in total. The van der Waals surface area contributed by atoms with Crippen LogP contribution in [0.4, 0.5) is 5.82 Å². The van der Waals surface area contributed by atoms with Gasteiger partial charge in [0.05, 0.1) is 11.6 Å². The van der Waals surface area contributed by atoms with Crippen molar-refractivity contribution in [2.75, 3.05) is 4.90 Å². The monoisotopic (exact) mass is 357 g/mol. The van der Waals surface area contributed by atoms with E-state index in [1.165, 1.54) is 20.0 Å². The highest BCUT2D eigenvalue weighted by molar-refractivity contribution is 5.99. The number of amides is 2. The number of hydrogen-bond acceptors (Lipinski definition) is 7. The highest BCUT2D eigenvalue weighted by atomic mass is 16.4. The minimum absolute atomic E-state index is 0.0648. The normalized spacial score (nSPS) is 15.9. The molecular formula is C16H19N7O3. The molecule has 2 amide bonds. The summed E-state index contributed by atoms with van der Waals surface area (Å²) in [6.07, 6.45) is 5.82. The van der Waals surface area contributed by atoms with E-state index < -0.39 is 6.17 Å². The van der Waals surface area contributed by atoms with E-state index in [1.807, 2.05) is 6.07 Å². The van der Waals surface area contributed by atoms with Gasteiger partial charge in [0, 0.05) is 31.8 Å². The molecule has 0 fully saturated rings. The average Bonchev–Trinajstić information content (AvgIpc) is 2.60. The quantitative estimate of drug-likeness (QED) is 0.253. The number of primary amides is 1. The highest BCUT2D eigenvalue weighted by Gasteiger charge is 2.22. The summed E-state index contributed by atoms with van der Waals surface area (Å²) in [4.78, 5) is 26.5. The number of carbonyl (C=O) groups is 2. The molecule has 0 aromatic carbocycles. The van der Waals surface area contributed by atoms with Gasteiger partial charge in [0.1, 0.15) is 12.0 Å². The van der Waals surface area contributed by atoms with E-state index in [0.29, 0.717) is 17.0 Å². The van der Waals surface area contributed by atoms with Gasteiger partial charge in [-0.1, -0.05) is 5.16 Å². The van der Waals surface area contributed by atoms with Crippen LogP contribution < -0.4 is 21.7 Å². The van der Waals surface area contributed by atoms with Crippen LogP contribution >= 0.6 is 0 Å². The first-order valence-corrected chi connectivity index (χ1v) is 7.34. The molecular weight excluding hydrogens is 338 g/mol. The Morgan fingerprint density at radius 3 is 2.62 bits per heavy atom. The Bertz CT molecular complexity index is 804. The number of nitrogens with zero attached hydrogens (tertiary/aromatic N) is 4. The predicted octanol–water partition coefficient (Wildman–Crippen LogP) is -0.0864. The maximum Gasteiger partial charge on any atom is 0.218 e. The summed E-state index contributed by atoms with van der Waals surface area (Å²) in [5.74, 6) is -0.161. The minimum Gasteiger partial charge on any atom is -0.409 e. The van der Waals surface area contributed by atoms with Crippen LogP contribution in [0.1, 0.15) is 19.4 Å². The van der Waals surface area contributed by atoms with Gasteiger partial charge in [-0.15, -0.1) is 0 Å². The van der Waals surface area contributed by atoms with Crippen LogP contribution in [0.3, 0.4) is 0 Å². The van der Waals surface area contributed by atoms with Crippen molar-refractivity contribution in [3.05, 3.63) is 47.8 Å². The maximum absolute atomic E-state index is 11.4. The lowest BCUT2D eigenvalue weighted by Crippen LogP contribution is -2.46. The summed E-state index contributed by atoms with van der Waals surface area (Å²) >= 11 is 0. The smallest absolute Gasteiger partial charge is 0.218 e.